The number of thiocarbonyl (C=S) groups is 1. The Morgan fingerprint density at radius 3 is 2.00 bits per heavy atom. The lowest BCUT2D eigenvalue weighted by Crippen LogP contribution is -1.70. The van der Waals surface area contributed by atoms with Gasteiger partial charge < -0.3 is 0 Å². The van der Waals surface area contributed by atoms with Gasteiger partial charge in [-0.1, -0.05) is 64.2 Å². The third-order valence-corrected chi connectivity index (χ3v) is 2.23. The maximum atomic E-state index is 4.42. The predicted octanol–water partition coefficient (Wildman–Crippen LogP) is 5.40. The number of aliphatic imine (C=N–C) groups is 1. The second kappa shape index (κ2) is 12.1. The summed E-state index contributed by atoms with van der Waals surface area (Å²) in [5.41, 5.74) is 0.854. The second-order valence-electron chi connectivity index (χ2n) is 3.60. The molecule has 1 aromatic carbocycles. The number of isothiocyanates is 1. The van der Waals surface area contributed by atoms with Crippen molar-refractivity contribution in [1.82, 2.24) is 0 Å². The molecule has 1 aromatic rings. The zero-order valence-electron chi connectivity index (χ0n) is 10.3. The van der Waals surface area contributed by atoms with Crippen LogP contribution in [0.15, 0.2) is 35.3 Å². The Balaban J connectivity index is 0.000000293. The van der Waals surface area contributed by atoms with Gasteiger partial charge in [0.15, 0.2) is 0 Å². The highest BCUT2D eigenvalue weighted by molar-refractivity contribution is 7.78. The molecular weight excluding hydrogens is 214 g/mol. The van der Waals surface area contributed by atoms with E-state index >= 15 is 0 Å². The highest BCUT2D eigenvalue weighted by atomic mass is 32.1. The quantitative estimate of drug-likeness (QED) is 0.378. The van der Waals surface area contributed by atoms with E-state index in [2.05, 4.69) is 36.2 Å². The molecule has 0 aliphatic rings. The van der Waals surface area contributed by atoms with Gasteiger partial charge in [-0.05, 0) is 24.4 Å². The van der Waals surface area contributed by atoms with Gasteiger partial charge in [0, 0.05) is 0 Å². The summed E-state index contributed by atoms with van der Waals surface area (Å²) in [5.74, 6) is 0. The SMILES string of the molecule is CCCCCCC.S=C=Nc1ccccc1. The number of benzene rings is 1. The molecule has 0 aliphatic carbocycles. The maximum Gasteiger partial charge on any atom is 0.0739 e. The van der Waals surface area contributed by atoms with Crippen LogP contribution in [0.3, 0.4) is 0 Å². The lowest BCUT2D eigenvalue weighted by molar-refractivity contribution is 0.656. The molecule has 0 amide bonds. The van der Waals surface area contributed by atoms with Gasteiger partial charge >= 0.3 is 0 Å². The first-order valence-electron chi connectivity index (χ1n) is 5.98. The predicted molar refractivity (Wildman–Crippen MR) is 75.6 cm³/mol. The van der Waals surface area contributed by atoms with Gasteiger partial charge in [-0.3, -0.25) is 0 Å². The van der Waals surface area contributed by atoms with Gasteiger partial charge in [0.25, 0.3) is 0 Å². The highest BCUT2D eigenvalue weighted by Gasteiger charge is 1.80. The van der Waals surface area contributed by atoms with Crippen molar-refractivity contribution in [2.24, 2.45) is 4.99 Å². The Morgan fingerprint density at radius 1 is 1.00 bits per heavy atom. The molecule has 1 rings (SSSR count). The molecule has 0 atom stereocenters. The zero-order valence-corrected chi connectivity index (χ0v) is 11.1. The van der Waals surface area contributed by atoms with Gasteiger partial charge in [-0.25, -0.2) is 0 Å². The molecule has 88 valence electrons. The molecule has 0 spiro atoms. The fourth-order valence-electron chi connectivity index (χ4n) is 1.23. The Kier molecular flexibility index (Phi) is 11.4. The Bertz CT molecular complexity index is 285. The van der Waals surface area contributed by atoms with Crippen molar-refractivity contribution in [3.05, 3.63) is 30.3 Å². The highest BCUT2D eigenvalue weighted by Crippen LogP contribution is 2.07. The third-order valence-electron chi connectivity index (χ3n) is 2.14. The number of rotatable bonds is 5. The largest absolute Gasteiger partial charge is 0.195 e. The van der Waals surface area contributed by atoms with E-state index in [4.69, 9.17) is 0 Å². The summed E-state index contributed by atoms with van der Waals surface area (Å²) in [4.78, 5) is 3.77. The first-order chi connectivity index (χ1) is 7.85. The van der Waals surface area contributed by atoms with Gasteiger partial charge in [0.1, 0.15) is 0 Å². The van der Waals surface area contributed by atoms with Crippen LogP contribution in [0.1, 0.15) is 46.0 Å². The van der Waals surface area contributed by atoms with Crippen LogP contribution in [-0.2, 0) is 0 Å². The average molecular weight is 235 g/mol. The first-order valence-corrected chi connectivity index (χ1v) is 6.38. The van der Waals surface area contributed by atoms with Crippen molar-refractivity contribution >= 4 is 23.1 Å². The molecule has 2 heteroatoms. The molecule has 0 bridgehead atoms. The molecule has 0 radical (unpaired) electrons. The van der Waals surface area contributed by atoms with Gasteiger partial charge in [-0.15, -0.1) is 0 Å². The molecular formula is C14H21NS. The zero-order chi connectivity index (χ0) is 12.1. The summed E-state index contributed by atoms with van der Waals surface area (Å²) in [6.45, 7) is 4.49. The number of hydrogen-bond acceptors (Lipinski definition) is 2. The fraction of sp³-hybridized carbons (Fsp3) is 0.500. The van der Waals surface area contributed by atoms with Crippen molar-refractivity contribution in [2.75, 3.05) is 0 Å². The number of hydrogen-bond donors (Lipinski definition) is 0. The van der Waals surface area contributed by atoms with E-state index in [1.165, 1.54) is 32.1 Å². The van der Waals surface area contributed by atoms with Crippen LogP contribution in [-0.4, -0.2) is 5.16 Å². The third kappa shape index (κ3) is 9.57. The van der Waals surface area contributed by atoms with E-state index in [0.717, 1.165) is 5.69 Å². The monoisotopic (exact) mass is 235 g/mol. The summed E-state index contributed by atoms with van der Waals surface area (Å²) in [6.07, 6.45) is 7.01. The molecule has 1 nitrogen and oxygen atoms in total. The minimum absolute atomic E-state index is 0.854. The van der Waals surface area contributed by atoms with Crippen LogP contribution in [0.2, 0.25) is 0 Å². The van der Waals surface area contributed by atoms with Gasteiger partial charge in [-0.2, -0.15) is 4.99 Å². The molecule has 0 saturated carbocycles. The van der Waals surface area contributed by atoms with Crippen molar-refractivity contribution in [3.63, 3.8) is 0 Å². The van der Waals surface area contributed by atoms with Gasteiger partial charge in [0.05, 0.1) is 10.8 Å². The molecule has 0 fully saturated rings. The lowest BCUT2D eigenvalue weighted by Gasteiger charge is -1.90. The number of para-hydroxylation sites is 1. The van der Waals surface area contributed by atoms with Crippen molar-refractivity contribution < 1.29 is 0 Å². The number of unbranched alkanes of at least 4 members (excludes halogenated alkanes) is 4. The summed E-state index contributed by atoms with van der Waals surface area (Å²) in [7, 11) is 0. The van der Waals surface area contributed by atoms with Crippen molar-refractivity contribution in [2.45, 2.75) is 46.0 Å². The van der Waals surface area contributed by atoms with Gasteiger partial charge in [0.2, 0.25) is 0 Å². The Morgan fingerprint density at radius 2 is 1.56 bits per heavy atom. The number of nitrogens with zero attached hydrogens (tertiary/aromatic N) is 1. The van der Waals surface area contributed by atoms with E-state index in [1.807, 2.05) is 30.3 Å². The molecule has 0 N–H and O–H groups in total. The van der Waals surface area contributed by atoms with Crippen molar-refractivity contribution in [1.29, 1.82) is 0 Å². The first kappa shape index (κ1) is 15.0. The lowest BCUT2D eigenvalue weighted by atomic mass is 10.2. The molecule has 0 aromatic heterocycles. The summed E-state index contributed by atoms with van der Waals surface area (Å²) >= 11 is 4.42. The molecule has 0 aliphatic heterocycles. The van der Waals surface area contributed by atoms with Crippen LogP contribution in [0.25, 0.3) is 0 Å². The Hall–Kier alpha value is -0.980. The minimum Gasteiger partial charge on any atom is -0.195 e. The van der Waals surface area contributed by atoms with Crippen LogP contribution in [0, 0.1) is 0 Å². The van der Waals surface area contributed by atoms with E-state index in [-0.39, 0.29) is 0 Å². The van der Waals surface area contributed by atoms with E-state index in [0.29, 0.717) is 0 Å². The van der Waals surface area contributed by atoms with Crippen LogP contribution in [0.5, 0.6) is 0 Å². The summed E-state index contributed by atoms with van der Waals surface area (Å²) in [5, 5.41) is 2.29. The van der Waals surface area contributed by atoms with E-state index in [1.54, 1.807) is 0 Å². The van der Waals surface area contributed by atoms with E-state index in [9.17, 15) is 0 Å². The average Bonchev–Trinajstić information content (AvgIpc) is 2.32. The molecule has 0 saturated heterocycles. The smallest absolute Gasteiger partial charge is 0.0739 e. The molecule has 0 unspecified atom stereocenters. The topological polar surface area (TPSA) is 12.4 Å². The normalized spacial score (nSPS) is 8.62. The molecule has 16 heavy (non-hydrogen) atoms. The minimum atomic E-state index is 0.854. The molecule has 0 heterocycles. The summed E-state index contributed by atoms with van der Waals surface area (Å²) < 4.78 is 0. The Labute approximate surface area is 105 Å². The maximum absolute atomic E-state index is 4.42. The van der Waals surface area contributed by atoms with Crippen molar-refractivity contribution in [3.8, 4) is 0 Å². The fourth-order valence-corrected chi connectivity index (χ4v) is 1.34. The van der Waals surface area contributed by atoms with E-state index < -0.39 is 0 Å². The second-order valence-corrected chi connectivity index (χ2v) is 3.78. The van der Waals surface area contributed by atoms with Crippen LogP contribution >= 0.6 is 12.2 Å². The standard InChI is InChI=1S/C7H5NS.C7H16/c9-6-8-7-4-2-1-3-5-7;1-3-5-7-6-4-2/h1-5H;3-7H2,1-2H3. The van der Waals surface area contributed by atoms with Crippen LogP contribution < -0.4 is 0 Å². The van der Waals surface area contributed by atoms with Crippen LogP contribution in [0.4, 0.5) is 5.69 Å². The summed E-state index contributed by atoms with van der Waals surface area (Å²) in [6, 6.07) is 9.50.